The summed E-state index contributed by atoms with van der Waals surface area (Å²) in [5.74, 6) is -1.78. The number of amides is 1. The second-order valence-corrected chi connectivity index (χ2v) is 7.74. The third kappa shape index (κ3) is 4.01. The van der Waals surface area contributed by atoms with Crippen molar-refractivity contribution in [1.82, 2.24) is 14.4 Å². The van der Waals surface area contributed by atoms with E-state index in [0.29, 0.717) is 39.4 Å². The van der Waals surface area contributed by atoms with Crippen molar-refractivity contribution in [3.05, 3.63) is 108 Å². The van der Waals surface area contributed by atoms with E-state index in [2.05, 4.69) is 15.3 Å². The number of carbonyl (C=O) groups is 1. The van der Waals surface area contributed by atoms with Crippen LogP contribution in [0.4, 0.5) is 18.9 Å². The number of nitrogens with one attached hydrogen (secondary N) is 1. The second-order valence-electron chi connectivity index (χ2n) is 7.74. The molecule has 168 valence electrons. The monoisotopic (exact) mass is 458 g/mol. The third-order valence-electron chi connectivity index (χ3n) is 5.44. The van der Waals surface area contributed by atoms with Crippen molar-refractivity contribution in [3.63, 3.8) is 0 Å². The third-order valence-corrected chi connectivity index (χ3v) is 5.44. The van der Waals surface area contributed by atoms with Gasteiger partial charge in [-0.2, -0.15) is 0 Å². The molecule has 2 aromatic carbocycles. The Bertz CT molecular complexity index is 1520. The summed E-state index contributed by atoms with van der Waals surface area (Å²) in [6.07, 6.45) is 4.99. The number of anilines is 1. The van der Waals surface area contributed by atoms with Gasteiger partial charge in [0.2, 0.25) is 0 Å². The van der Waals surface area contributed by atoms with Crippen molar-refractivity contribution in [3.8, 4) is 22.5 Å². The molecule has 0 unspecified atom stereocenters. The summed E-state index contributed by atoms with van der Waals surface area (Å²) in [5, 5.41) is 2.74. The highest BCUT2D eigenvalue weighted by Gasteiger charge is 2.16. The molecule has 5 aromatic rings. The predicted molar refractivity (Wildman–Crippen MR) is 123 cm³/mol. The second kappa shape index (κ2) is 8.47. The van der Waals surface area contributed by atoms with Crippen LogP contribution in [0.2, 0.25) is 0 Å². The van der Waals surface area contributed by atoms with Gasteiger partial charge in [-0.05, 0) is 55.5 Å². The van der Waals surface area contributed by atoms with Crippen molar-refractivity contribution < 1.29 is 18.0 Å². The summed E-state index contributed by atoms with van der Waals surface area (Å²) in [7, 11) is 0. The molecule has 34 heavy (non-hydrogen) atoms. The van der Waals surface area contributed by atoms with Gasteiger partial charge in [-0.3, -0.25) is 14.2 Å². The number of pyridine rings is 2. The quantitative estimate of drug-likeness (QED) is 0.357. The molecule has 1 N–H and O–H groups in total. The summed E-state index contributed by atoms with van der Waals surface area (Å²) in [4.78, 5) is 21.6. The van der Waals surface area contributed by atoms with Gasteiger partial charge < -0.3 is 5.32 Å². The molecule has 0 aliphatic heterocycles. The smallest absolute Gasteiger partial charge is 0.257 e. The summed E-state index contributed by atoms with van der Waals surface area (Å²) >= 11 is 0. The lowest BCUT2D eigenvalue weighted by Crippen LogP contribution is -2.14. The number of halogens is 3. The fourth-order valence-corrected chi connectivity index (χ4v) is 3.80. The van der Waals surface area contributed by atoms with Crippen molar-refractivity contribution in [2.45, 2.75) is 6.92 Å². The van der Waals surface area contributed by atoms with Crippen molar-refractivity contribution in [2.75, 3.05) is 5.32 Å². The Balaban J connectivity index is 1.55. The summed E-state index contributed by atoms with van der Waals surface area (Å²) < 4.78 is 42.4. The zero-order valence-corrected chi connectivity index (χ0v) is 17.9. The van der Waals surface area contributed by atoms with Crippen LogP contribution < -0.4 is 5.32 Å². The van der Waals surface area contributed by atoms with Gasteiger partial charge in [0.1, 0.15) is 23.3 Å². The number of aromatic nitrogens is 3. The van der Waals surface area contributed by atoms with E-state index < -0.39 is 17.5 Å². The maximum Gasteiger partial charge on any atom is 0.257 e. The first kappa shape index (κ1) is 21.4. The largest absolute Gasteiger partial charge is 0.322 e. The Morgan fingerprint density at radius 2 is 1.59 bits per heavy atom. The average Bonchev–Trinajstić information content (AvgIpc) is 3.25. The minimum Gasteiger partial charge on any atom is -0.322 e. The Hall–Kier alpha value is -4.46. The fraction of sp³-hybridized carbons (Fsp3) is 0.0385. The molecular weight excluding hydrogens is 441 g/mol. The zero-order valence-electron chi connectivity index (χ0n) is 17.9. The number of hydrogen-bond donors (Lipinski definition) is 1. The molecule has 0 fully saturated rings. The van der Waals surface area contributed by atoms with Gasteiger partial charge in [-0.25, -0.2) is 18.2 Å². The van der Waals surface area contributed by atoms with Crippen LogP contribution in [0.1, 0.15) is 16.1 Å². The number of benzene rings is 2. The molecule has 1 amide bonds. The van der Waals surface area contributed by atoms with Gasteiger partial charge in [0.05, 0.1) is 23.0 Å². The van der Waals surface area contributed by atoms with Gasteiger partial charge in [0.25, 0.3) is 5.91 Å². The molecule has 5 nitrogen and oxygen atoms in total. The SMILES string of the molecule is Cc1ncc(-c2cccn3c(-c4cc(F)cc(F)c4)ncc23)cc1C(=O)Nc1ccc(F)cc1. The molecule has 0 saturated heterocycles. The minimum absolute atomic E-state index is 0.302. The van der Waals surface area contributed by atoms with E-state index in [-0.39, 0.29) is 5.91 Å². The molecule has 0 radical (unpaired) electrons. The summed E-state index contributed by atoms with van der Waals surface area (Å²) in [5.41, 5.74) is 3.73. The van der Waals surface area contributed by atoms with E-state index >= 15 is 0 Å². The van der Waals surface area contributed by atoms with Crippen LogP contribution in [0.3, 0.4) is 0 Å². The molecule has 0 spiro atoms. The molecule has 0 bridgehead atoms. The van der Waals surface area contributed by atoms with Crippen LogP contribution in [0, 0.1) is 24.4 Å². The number of carbonyl (C=O) groups excluding carboxylic acids is 1. The molecule has 3 aromatic heterocycles. The molecule has 0 saturated carbocycles. The van der Waals surface area contributed by atoms with Crippen LogP contribution in [-0.4, -0.2) is 20.3 Å². The van der Waals surface area contributed by atoms with Crippen LogP contribution in [0.25, 0.3) is 28.0 Å². The molecule has 0 aliphatic rings. The maximum atomic E-state index is 13.8. The Morgan fingerprint density at radius 1 is 0.853 bits per heavy atom. The number of imidazole rings is 1. The zero-order chi connectivity index (χ0) is 23.8. The highest BCUT2D eigenvalue weighted by molar-refractivity contribution is 6.05. The first-order valence-electron chi connectivity index (χ1n) is 10.4. The van der Waals surface area contributed by atoms with Crippen molar-refractivity contribution >= 4 is 17.1 Å². The van der Waals surface area contributed by atoms with E-state index in [9.17, 15) is 18.0 Å². The topological polar surface area (TPSA) is 59.3 Å². The van der Waals surface area contributed by atoms with E-state index in [1.54, 1.807) is 42.0 Å². The Kier molecular flexibility index (Phi) is 5.33. The number of fused-ring (bicyclic) bond motifs is 1. The van der Waals surface area contributed by atoms with E-state index in [0.717, 1.165) is 11.6 Å². The number of aryl methyl sites for hydroxylation is 1. The first-order valence-corrected chi connectivity index (χ1v) is 10.4. The highest BCUT2D eigenvalue weighted by atomic mass is 19.1. The number of nitrogens with zero attached hydrogens (tertiary/aromatic N) is 3. The fourth-order valence-electron chi connectivity index (χ4n) is 3.80. The average molecular weight is 458 g/mol. The normalized spacial score (nSPS) is 11.1. The number of rotatable bonds is 4. The molecule has 0 aliphatic carbocycles. The Morgan fingerprint density at radius 3 is 2.32 bits per heavy atom. The lowest BCUT2D eigenvalue weighted by atomic mass is 10.0. The van der Waals surface area contributed by atoms with E-state index in [1.807, 2.05) is 6.07 Å². The van der Waals surface area contributed by atoms with Crippen LogP contribution in [-0.2, 0) is 0 Å². The first-order chi connectivity index (χ1) is 16.4. The van der Waals surface area contributed by atoms with Gasteiger partial charge >= 0.3 is 0 Å². The molecule has 3 heterocycles. The Labute approximate surface area is 192 Å². The maximum absolute atomic E-state index is 13.8. The van der Waals surface area contributed by atoms with Gasteiger partial charge in [-0.15, -0.1) is 0 Å². The lowest BCUT2D eigenvalue weighted by Gasteiger charge is -2.11. The summed E-state index contributed by atoms with van der Waals surface area (Å²) in [6.45, 7) is 1.72. The minimum atomic E-state index is -0.692. The molecular formula is C26H17F3N4O. The van der Waals surface area contributed by atoms with Gasteiger partial charge in [0, 0.05) is 40.8 Å². The van der Waals surface area contributed by atoms with E-state index in [1.165, 1.54) is 36.4 Å². The van der Waals surface area contributed by atoms with Crippen molar-refractivity contribution in [2.24, 2.45) is 0 Å². The van der Waals surface area contributed by atoms with Gasteiger partial charge in [0.15, 0.2) is 0 Å². The lowest BCUT2D eigenvalue weighted by molar-refractivity contribution is 0.102. The predicted octanol–water partition coefficient (Wildman–Crippen LogP) is 6.04. The summed E-state index contributed by atoms with van der Waals surface area (Å²) in [6, 6.07) is 14.1. The van der Waals surface area contributed by atoms with Crippen LogP contribution in [0.15, 0.2) is 79.3 Å². The molecule has 0 atom stereocenters. The van der Waals surface area contributed by atoms with E-state index in [4.69, 9.17) is 0 Å². The standard InChI is InChI=1S/C26H17F3N4O/c1-15-23(26(34)32-21-6-4-18(27)5-7-21)11-17(13-30-15)22-3-2-8-33-24(22)14-31-25(33)16-9-19(28)12-20(29)10-16/h2-14H,1H3,(H,32,34). The van der Waals surface area contributed by atoms with Gasteiger partial charge in [-0.1, -0.05) is 6.07 Å². The molecule has 8 heteroatoms. The van der Waals surface area contributed by atoms with Crippen molar-refractivity contribution in [1.29, 1.82) is 0 Å². The van der Waals surface area contributed by atoms with Crippen LogP contribution in [0.5, 0.6) is 0 Å². The number of hydrogen-bond acceptors (Lipinski definition) is 3. The van der Waals surface area contributed by atoms with Crippen LogP contribution >= 0.6 is 0 Å². The highest BCUT2D eigenvalue weighted by Crippen LogP contribution is 2.30. The molecule has 5 rings (SSSR count).